The average molecular weight is 422 g/mol. The Kier molecular flexibility index (Phi) is 7.57. The summed E-state index contributed by atoms with van der Waals surface area (Å²) in [6.07, 6.45) is -1.80. The maximum Gasteiger partial charge on any atom is 0.374 e. The first-order valence-electron chi connectivity index (χ1n) is 9.72. The van der Waals surface area contributed by atoms with E-state index < -0.39 is 54.4 Å². The third-order valence-electron chi connectivity index (χ3n) is 5.32. The number of allylic oxidation sites excluding steroid dienone is 2. The molecule has 164 valence electrons. The van der Waals surface area contributed by atoms with Crippen molar-refractivity contribution in [1.82, 2.24) is 0 Å². The minimum Gasteiger partial charge on any atom is -0.488 e. The maximum absolute atomic E-state index is 14.4. The van der Waals surface area contributed by atoms with Crippen molar-refractivity contribution in [2.24, 2.45) is 11.8 Å². The Bertz CT molecular complexity index is 682. The van der Waals surface area contributed by atoms with Crippen molar-refractivity contribution >= 4 is 5.97 Å². The molecule has 5 atom stereocenters. The zero-order valence-electron chi connectivity index (χ0n) is 16.1. The van der Waals surface area contributed by atoms with Crippen LogP contribution in [0.3, 0.4) is 0 Å². The van der Waals surface area contributed by atoms with Gasteiger partial charge in [-0.15, -0.1) is 0 Å². The summed E-state index contributed by atoms with van der Waals surface area (Å²) in [7, 11) is 0. The number of aliphatic carboxylic acids is 1. The highest BCUT2D eigenvalue weighted by Gasteiger charge is 2.66. The van der Waals surface area contributed by atoms with E-state index in [1.165, 1.54) is 6.08 Å². The van der Waals surface area contributed by atoms with E-state index in [0.717, 1.165) is 19.3 Å². The lowest BCUT2D eigenvalue weighted by Gasteiger charge is -2.21. The maximum atomic E-state index is 14.4. The van der Waals surface area contributed by atoms with E-state index in [2.05, 4.69) is 11.8 Å². The van der Waals surface area contributed by atoms with Crippen molar-refractivity contribution in [2.45, 2.75) is 82.0 Å². The van der Waals surface area contributed by atoms with Crippen molar-refractivity contribution in [3.05, 3.63) is 11.8 Å². The molecule has 1 saturated heterocycles. The molecule has 0 aromatic heterocycles. The number of aliphatic hydroxyl groups excluding tert-OH is 2. The van der Waals surface area contributed by atoms with E-state index in [1.807, 2.05) is 6.92 Å². The van der Waals surface area contributed by atoms with Gasteiger partial charge in [0.05, 0.1) is 11.7 Å². The van der Waals surface area contributed by atoms with Crippen LogP contribution in [0.1, 0.15) is 51.9 Å². The second kappa shape index (κ2) is 9.35. The summed E-state index contributed by atoms with van der Waals surface area (Å²) in [4.78, 5) is 10.4. The van der Waals surface area contributed by atoms with Crippen molar-refractivity contribution < 1.29 is 42.4 Å². The fraction of sp³-hybridized carbons (Fsp3) is 0.750. The molecule has 9 heteroatoms. The molecule has 1 heterocycles. The van der Waals surface area contributed by atoms with Crippen molar-refractivity contribution in [1.29, 1.82) is 0 Å². The van der Waals surface area contributed by atoms with E-state index in [9.17, 15) is 32.6 Å². The molecular formula is C20H26F4O5. The second-order valence-corrected chi connectivity index (χ2v) is 7.57. The molecule has 3 N–H and O–H groups in total. The summed E-state index contributed by atoms with van der Waals surface area (Å²) in [5.41, 5.74) is 0. The van der Waals surface area contributed by atoms with Gasteiger partial charge in [0.2, 0.25) is 0 Å². The van der Waals surface area contributed by atoms with Gasteiger partial charge in [0, 0.05) is 18.8 Å². The number of ether oxygens (including phenoxy) is 1. The lowest BCUT2D eigenvalue weighted by Crippen LogP contribution is -2.39. The summed E-state index contributed by atoms with van der Waals surface area (Å²) >= 11 is 0. The molecule has 0 aromatic carbocycles. The zero-order chi connectivity index (χ0) is 21.8. The number of aliphatic hydroxyl groups is 2. The highest BCUT2D eigenvalue weighted by molar-refractivity contribution is 5.75. The highest BCUT2D eigenvalue weighted by atomic mass is 19.3. The van der Waals surface area contributed by atoms with Crippen LogP contribution in [-0.2, 0) is 9.53 Å². The van der Waals surface area contributed by atoms with Crippen LogP contribution in [0, 0.1) is 23.7 Å². The molecule has 1 aliphatic heterocycles. The van der Waals surface area contributed by atoms with Crippen molar-refractivity contribution in [3.8, 4) is 11.8 Å². The first-order chi connectivity index (χ1) is 13.5. The number of rotatable bonds is 8. The number of carboxylic acid groups (broad SMARTS) is 1. The van der Waals surface area contributed by atoms with Gasteiger partial charge in [0.15, 0.2) is 6.10 Å². The Morgan fingerprint density at radius 3 is 2.72 bits per heavy atom. The summed E-state index contributed by atoms with van der Waals surface area (Å²) in [6.45, 7) is 2.00. The van der Waals surface area contributed by atoms with E-state index in [1.54, 1.807) is 0 Å². The summed E-state index contributed by atoms with van der Waals surface area (Å²) in [5, 5.41) is 28.3. The van der Waals surface area contributed by atoms with Crippen LogP contribution in [-0.4, -0.2) is 51.4 Å². The van der Waals surface area contributed by atoms with Gasteiger partial charge in [-0.3, -0.25) is 0 Å². The van der Waals surface area contributed by atoms with Crippen LogP contribution in [0.5, 0.6) is 0 Å². The smallest absolute Gasteiger partial charge is 0.374 e. The molecule has 1 aliphatic carbocycles. The number of fused-ring (bicyclic) bond motifs is 1. The van der Waals surface area contributed by atoms with Crippen LogP contribution in [0.15, 0.2) is 11.8 Å². The molecule has 2 fully saturated rings. The molecule has 2 aliphatic rings. The van der Waals surface area contributed by atoms with Crippen LogP contribution in [0.4, 0.5) is 17.6 Å². The Balaban J connectivity index is 2.04. The molecule has 2 rings (SSSR count). The van der Waals surface area contributed by atoms with Gasteiger partial charge in [-0.25, -0.2) is 4.79 Å². The van der Waals surface area contributed by atoms with Gasteiger partial charge in [-0.2, -0.15) is 17.6 Å². The standard InChI is InChI=1S/C20H26F4O5/c1-2-3-4-6-12(25)8-9-14-15-11-13(7-5-10-19(21,22)18(27)28)29-17(15)20(23,24)16(14)26/h7,12,14-17,25-26H,2-6,10-11H2,1H3,(H,27,28)/b13-7-/t12-,14+,15+,16-,17?/m0/s1. The third-order valence-corrected chi connectivity index (χ3v) is 5.32. The zero-order valence-corrected chi connectivity index (χ0v) is 16.1. The van der Waals surface area contributed by atoms with E-state index in [0.29, 0.717) is 6.42 Å². The van der Waals surface area contributed by atoms with Crippen molar-refractivity contribution in [2.75, 3.05) is 0 Å². The molecule has 1 unspecified atom stereocenters. The third kappa shape index (κ3) is 5.43. The number of hydrogen-bond donors (Lipinski definition) is 3. The van der Waals surface area contributed by atoms with Crippen molar-refractivity contribution in [3.63, 3.8) is 0 Å². The summed E-state index contributed by atoms with van der Waals surface area (Å²) in [5.74, 6) is -6.55. The molecule has 5 nitrogen and oxygen atoms in total. The fourth-order valence-corrected chi connectivity index (χ4v) is 3.65. The highest BCUT2D eigenvalue weighted by Crippen LogP contribution is 2.52. The van der Waals surface area contributed by atoms with Crippen LogP contribution in [0.2, 0.25) is 0 Å². The number of alkyl halides is 4. The number of unbranched alkanes of at least 4 members (excludes halogenated alkanes) is 2. The number of carbonyl (C=O) groups is 1. The monoisotopic (exact) mass is 422 g/mol. The number of hydrogen-bond acceptors (Lipinski definition) is 4. The normalized spacial score (nSPS) is 30.4. The average Bonchev–Trinajstić information content (AvgIpc) is 3.12. The predicted molar refractivity (Wildman–Crippen MR) is 95.2 cm³/mol. The quantitative estimate of drug-likeness (QED) is 0.317. The Morgan fingerprint density at radius 2 is 2.10 bits per heavy atom. The number of halogens is 4. The minimum atomic E-state index is -3.91. The topological polar surface area (TPSA) is 87.0 Å². The second-order valence-electron chi connectivity index (χ2n) is 7.57. The van der Waals surface area contributed by atoms with Crippen LogP contribution >= 0.6 is 0 Å². The molecule has 29 heavy (non-hydrogen) atoms. The molecule has 1 saturated carbocycles. The van der Waals surface area contributed by atoms with Gasteiger partial charge >= 0.3 is 17.8 Å². The SMILES string of the molecule is CCCCC[C@H](O)C#C[C@@H]1[C@H]2C/C(=C/CCC(F)(F)C(=O)O)OC2C(F)(F)[C@H]1O. The molecule has 0 bridgehead atoms. The molecule has 0 amide bonds. The van der Waals surface area contributed by atoms with Crippen LogP contribution in [0.25, 0.3) is 0 Å². The van der Waals surface area contributed by atoms with Crippen LogP contribution < -0.4 is 0 Å². The van der Waals surface area contributed by atoms with Gasteiger partial charge in [0.1, 0.15) is 12.2 Å². The Morgan fingerprint density at radius 1 is 1.41 bits per heavy atom. The molecule has 0 spiro atoms. The number of carboxylic acids is 1. The molecular weight excluding hydrogens is 396 g/mol. The van der Waals surface area contributed by atoms with Gasteiger partial charge < -0.3 is 20.1 Å². The summed E-state index contributed by atoms with van der Waals surface area (Å²) < 4.78 is 60.2. The Labute approximate surface area is 166 Å². The van der Waals surface area contributed by atoms with Gasteiger partial charge in [0.25, 0.3) is 0 Å². The first kappa shape index (κ1) is 23.5. The predicted octanol–water partition coefficient (Wildman–Crippen LogP) is 3.35. The van der Waals surface area contributed by atoms with Gasteiger partial charge in [-0.05, 0) is 25.3 Å². The van der Waals surface area contributed by atoms with Gasteiger partial charge in [-0.1, -0.05) is 31.6 Å². The van der Waals surface area contributed by atoms with E-state index in [-0.39, 0.29) is 18.6 Å². The Hall–Kier alpha value is -1.79. The minimum absolute atomic E-state index is 0.0266. The fourth-order valence-electron chi connectivity index (χ4n) is 3.65. The first-order valence-corrected chi connectivity index (χ1v) is 9.72. The summed E-state index contributed by atoms with van der Waals surface area (Å²) in [6, 6.07) is 0. The van der Waals surface area contributed by atoms with E-state index in [4.69, 9.17) is 9.84 Å². The van der Waals surface area contributed by atoms with E-state index >= 15 is 0 Å². The molecule has 0 radical (unpaired) electrons. The lowest BCUT2D eigenvalue weighted by atomic mass is 9.91. The largest absolute Gasteiger partial charge is 0.488 e. The molecule has 0 aromatic rings. The lowest BCUT2D eigenvalue weighted by molar-refractivity contribution is -0.165.